The van der Waals surface area contributed by atoms with Crippen molar-refractivity contribution in [3.05, 3.63) is 29.6 Å². The number of pyridine rings is 1. The average molecular weight is 280 g/mol. The number of aromatic nitrogens is 1. The molecule has 0 aliphatic carbocycles. The topological polar surface area (TPSA) is 92.8 Å². The van der Waals surface area contributed by atoms with Crippen molar-refractivity contribution in [1.82, 2.24) is 10.3 Å². The number of oxime groups is 1. The van der Waals surface area contributed by atoms with Gasteiger partial charge in [0.25, 0.3) is 0 Å². The molecule has 6 heteroatoms. The predicted molar refractivity (Wildman–Crippen MR) is 78.8 cm³/mol. The van der Waals surface area contributed by atoms with Crippen LogP contribution < -0.4 is 11.1 Å². The minimum Gasteiger partial charge on any atom is -0.409 e. The molecular formula is C14H24N4O2. The second-order valence-electron chi connectivity index (χ2n) is 4.80. The normalized spacial score (nSPS) is 12.1. The third-order valence-corrected chi connectivity index (χ3v) is 2.76. The van der Waals surface area contributed by atoms with Crippen molar-refractivity contribution in [3.8, 4) is 0 Å². The SMILES string of the molecule is CC(C)OCCCCNCc1cccnc1/C(N)=N/O. The van der Waals surface area contributed by atoms with Crippen molar-refractivity contribution in [2.45, 2.75) is 39.3 Å². The van der Waals surface area contributed by atoms with Gasteiger partial charge in [0.2, 0.25) is 0 Å². The van der Waals surface area contributed by atoms with Gasteiger partial charge < -0.3 is 21.0 Å². The lowest BCUT2D eigenvalue weighted by atomic mass is 10.1. The highest BCUT2D eigenvalue weighted by molar-refractivity contribution is 5.96. The molecular weight excluding hydrogens is 256 g/mol. The third-order valence-electron chi connectivity index (χ3n) is 2.76. The minimum atomic E-state index is 0.0349. The van der Waals surface area contributed by atoms with E-state index in [1.54, 1.807) is 6.20 Å². The molecule has 0 saturated heterocycles. The number of hydrogen-bond acceptors (Lipinski definition) is 5. The quantitative estimate of drug-likeness (QED) is 0.209. The van der Waals surface area contributed by atoms with Crippen molar-refractivity contribution in [1.29, 1.82) is 0 Å². The zero-order valence-corrected chi connectivity index (χ0v) is 12.2. The Morgan fingerprint density at radius 2 is 2.30 bits per heavy atom. The summed E-state index contributed by atoms with van der Waals surface area (Å²) < 4.78 is 5.47. The highest BCUT2D eigenvalue weighted by Gasteiger charge is 2.07. The van der Waals surface area contributed by atoms with Crippen LogP contribution in [0.5, 0.6) is 0 Å². The summed E-state index contributed by atoms with van der Waals surface area (Å²) in [6, 6.07) is 3.75. The van der Waals surface area contributed by atoms with E-state index >= 15 is 0 Å². The second kappa shape index (κ2) is 9.28. The Balaban J connectivity index is 2.29. The first-order chi connectivity index (χ1) is 9.65. The fraction of sp³-hybridized carbons (Fsp3) is 0.571. The number of nitrogens with one attached hydrogen (secondary N) is 1. The van der Waals surface area contributed by atoms with Gasteiger partial charge in [0.05, 0.1) is 6.10 Å². The van der Waals surface area contributed by atoms with Gasteiger partial charge in [-0.25, -0.2) is 0 Å². The lowest BCUT2D eigenvalue weighted by molar-refractivity contribution is 0.0760. The molecule has 0 aliphatic rings. The van der Waals surface area contributed by atoms with Crippen LogP contribution >= 0.6 is 0 Å². The Hall–Kier alpha value is -1.66. The van der Waals surface area contributed by atoms with Gasteiger partial charge in [-0.1, -0.05) is 11.2 Å². The first kappa shape index (κ1) is 16.4. The van der Waals surface area contributed by atoms with Gasteiger partial charge in [-0.15, -0.1) is 0 Å². The Morgan fingerprint density at radius 3 is 3.00 bits per heavy atom. The van der Waals surface area contributed by atoms with Crippen LogP contribution in [-0.2, 0) is 11.3 Å². The molecule has 0 amide bonds. The third kappa shape index (κ3) is 5.99. The molecule has 1 aromatic heterocycles. The smallest absolute Gasteiger partial charge is 0.189 e. The van der Waals surface area contributed by atoms with Crippen LogP contribution in [0.25, 0.3) is 0 Å². The van der Waals surface area contributed by atoms with Crippen LogP contribution in [0.15, 0.2) is 23.5 Å². The van der Waals surface area contributed by atoms with Crippen LogP contribution in [0.3, 0.4) is 0 Å². The molecule has 0 spiro atoms. The van der Waals surface area contributed by atoms with Crippen LogP contribution in [0.4, 0.5) is 0 Å². The molecule has 0 atom stereocenters. The fourth-order valence-electron chi connectivity index (χ4n) is 1.75. The second-order valence-corrected chi connectivity index (χ2v) is 4.80. The predicted octanol–water partition coefficient (Wildman–Crippen LogP) is 1.47. The van der Waals surface area contributed by atoms with E-state index in [4.69, 9.17) is 15.7 Å². The first-order valence-corrected chi connectivity index (χ1v) is 6.89. The summed E-state index contributed by atoms with van der Waals surface area (Å²) >= 11 is 0. The zero-order valence-electron chi connectivity index (χ0n) is 12.2. The van der Waals surface area contributed by atoms with Crippen molar-refractivity contribution in [2.24, 2.45) is 10.9 Å². The van der Waals surface area contributed by atoms with E-state index < -0.39 is 0 Å². The maximum absolute atomic E-state index is 8.71. The molecule has 112 valence electrons. The number of nitrogens with zero attached hydrogens (tertiary/aromatic N) is 2. The summed E-state index contributed by atoms with van der Waals surface area (Å²) in [7, 11) is 0. The van der Waals surface area contributed by atoms with E-state index in [-0.39, 0.29) is 5.84 Å². The molecule has 4 N–H and O–H groups in total. The van der Waals surface area contributed by atoms with Crippen molar-refractivity contribution in [3.63, 3.8) is 0 Å². The summed E-state index contributed by atoms with van der Waals surface area (Å²) in [6.45, 7) is 6.41. The lowest BCUT2D eigenvalue weighted by Gasteiger charge is -2.09. The number of hydrogen-bond donors (Lipinski definition) is 3. The van der Waals surface area contributed by atoms with Gasteiger partial charge in [-0.2, -0.15) is 0 Å². The maximum atomic E-state index is 8.71. The van der Waals surface area contributed by atoms with E-state index in [2.05, 4.69) is 15.5 Å². The van der Waals surface area contributed by atoms with Gasteiger partial charge in [-0.3, -0.25) is 4.98 Å². The summed E-state index contributed by atoms with van der Waals surface area (Å²) in [5, 5.41) is 15.0. The number of unbranched alkanes of at least 4 members (excludes halogenated alkanes) is 1. The van der Waals surface area contributed by atoms with Crippen molar-refractivity contribution < 1.29 is 9.94 Å². The molecule has 0 fully saturated rings. The number of nitrogens with two attached hydrogens (primary N) is 1. The summed E-state index contributed by atoms with van der Waals surface area (Å²) in [4.78, 5) is 4.12. The monoisotopic (exact) mass is 280 g/mol. The molecule has 6 nitrogen and oxygen atoms in total. The van der Waals surface area contributed by atoms with Crippen LogP contribution in [-0.4, -0.2) is 35.3 Å². The highest BCUT2D eigenvalue weighted by Crippen LogP contribution is 2.04. The van der Waals surface area contributed by atoms with Gasteiger partial charge in [0, 0.05) is 19.3 Å². The van der Waals surface area contributed by atoms with Crippen LogP contribution in [0.1, 0.15) is 37.9 Å². The van der Waals surface area contributed by atoms with Gasteiger partial charge in [0.15, 0.2) is 5.84 Å². The molecule has 1 rings (SSSR count). The maximum Gasteiger partial charge on any atom is 0.189 e. The van der Waals surface area contributed by atoms with E-state index in [1.807, 2.05) is 26.0 Å². The minimum absolute atomic E-state index is 0.0349. The standard InChI is InChI=1S/C14H24N4O2/c1-11(2)20-9-4-3-7-16-10-12-6-5-8-17-13(12)14(15)18-19/h5-6,8,11,16,19H,3-4,7,9-10H2,1-2H3,(H2,15,18). The highest BCUT2D eigenvalue weighted by atomic mass is 16.5. The summed E-state index contributed by atoms with van der Waals surface area (Å²) in [5.41, 5.74) is 7.02. The lowest BCUT2D eigenvalue weighted by Crippen LogP contribution is -2.22. The number of amidine groups is 1. The Kier molecular flexibility index (Phi) is 7.60. The van der Waals surface area contributed by atoms with Crippen LogP contribution in [0, 0.1) is 0 Å². The molecule has 0 radical (unpaired) electrons. The zero-order chi connectivity index (χ0) is 14.8. The Bertz CT molecular complexity index is 421. The number of ether oxygens (including phenoxy) is 1. The van der Waals surface area contributed by atoms with Crippen LogP contribution in [0.2, 0.25) is 0 Å². The molecule has 0 bridgehead atoms. The van der Waals surface area contributed by atoms with Gasteiger partial charge in [0.1, 0.15) is 5.69 Å². The summed E-state index contributed by atoms with van der Waals surface area (Å²) in [6.07, 6.45) is 4.00. The molecule has 0 saturated carbocycles. The molecule has 0 unspecified atom stereocenters. The largest absolute Gasteiger partial charge is 0.409 e. The molecule has 1 heterocycles. The van der Waals surface area contributed by atoms with Gasteiger partial charge in [-0.05, 0) is 44.9 Å². The average Bonchev–Trinajstić information content (AvgIpc) is 2.45. The van der Waals surface area contributed by atoms with E-state index in [0.29, 0.717) is 18.3 Å². The van der Waals surface area contributed by atoms with Crippen molar-refractivity contribution in [2.75, 3.05) is 13.2 Å². The first-order valence-electron chi connectivity index (χ1n) is 6.89. The molecule has 0 aliphatic heterocycles. The molecule has 20 heavy (non-hydrogen) atoms. The van der Waals surface area contributed by atoms with E-state index in [0.717, 1.165) is 31.6 Å². The molecule has 1 aromatic rings. The Morgan fingerprint density at radius 1 is 1.50 bits per heavy atom. The molecule has 0 aromatic carbocycles. The van der Waals surface area contributed by atoms with Crippen molar-refractivity contribution >= 4 is 5.84 Å². The fourth-order valence-corrected chi connectivity index (χ4v) is 1.75. The number of rotatable bonds is 9. The van der Waals surface area contributed by atoms with E-state index in [9.17, 15) is 0 Å². The van der Waals surface area contributed by atoms with E-state index in [1.165, 1.54) is 0 Å². The Labute approximate surface area is 120 Å². The summed E-state index contributed by atoms with van der Waals surface area (Å²) in [5.74, 6) is 0.0349. The van der Waals surface area contributed by atoms with Gasteiger partial charge >= 0.3 is 0 Å².